The van der Waals surface area contributed by atoms with Crippen LogP contribution in [-0.4, -0.2) is 23.4 Å². The number of halogens is 1. The highest BCUT2D eigenvalue weighted by Crippen LogP contribution is 2.41. The summed E-state index contributed by atoms with van der Waals surface area (Å²) in [6.07, 6.45) is 1.71. The van der Waals surface area contributed by atoms with Gasteiger partial charge in [0.1, 0.15) is 0 Å². The lowest BCUT2D eigenvalue weighted by Crippen LogP contribution is -2.35. The van der Waals surface area contributed by atoms with Gasteiger partial charge in [0.15, 0.2) is 5.82 Å². The summed E-state index contributed by atoms with van der Waals surface area (Å²) in [7, 11) is 0. The predicted octanol–water partition coefficient (Wildman–Crippen LogP) is 4.23. The Kier molecular flexibility index (Phi) is 4.12. The van der Waals surface area contributed by atoms with Gasteiger partial charge in [0.2, 0.25) is 5.89 Å². The van der Waals surface area contributed by atoms with Crippen LogP contribution in [0.25, 0.3) is 0 Å². The number of aromatic nitrogens is 2. The molecule has 1 aromatic heterocycles. The molecule has 1 aromatic carbocycles. The van der Waals surface area contributed by atoms with Crippen molar-refractivity contribution in [1.82, 2.24) is 10.1 Å². The maximum atomic E-state index is 5.70. The van der Waals surface area contributed by atoms with Crippen LogP contribution in [0.5, 0.6) is 0 Å². The molecule has 1 fully saturated rings. The molecule has 0 amide bonds. The highest BCUT2D eigenvalue weighted by Gasteiger charge is 2.42. The molecule has 2 heterocycles. The molecule has 4 nitrogen and oxygen atoms in total. The Labute approximate surface area is 139 Å². The molecule has 1 saturated heterocycles. The van der Waals surface area contributed by atoms with E-state index in [-0.39, 0.29) is 10.8 Å². The average Bonchev–Trinajstić information content (AvgIpc) is 2.98. The molecule has 1 aliphatic rings. The third-order valence-electron chi connectivity index (χ3n) is 4.23. The molecule has 0 unspecified atom stereocenters. The van der Waals surface area contributed by atoms with Crippen LogP contribution in [0, 0.1) is 0 Å². The topological polar surface area (TPSA) is 48.2 Å². The molecule has 0 aliphatic carbocycles. The second-order valence-electron chi connectivity index (χ2n) is 6.88. The summed E-state index contributed by atoms with van der Waals surface area (Å²) in [5, 5.41) is 4.22. The van der Waals surface area contributed by atoms with Gasteiger partial charge in [-0.25, -0.2) is 0 Å². The SMILES string of the molecule is CC(C)(C)c1noc(C2(c3cccc(Br)c3)CCOCC2)n1. The summed E-state index contributed by atoms with van der Waals surface area (Å²) in [4.78, 5) is 4.73. The first kappa shape index (κ1) is 15.7. The fourth-order valence-electron chi connectivity index (χ4n) is 2.85. The first-order valence-corrected chi connectivity index (χ1v) is 8.40. The average molecular weight is 365 g/mol. The van der Waals surface area contributed by atoms with E-state index in [0.29, 0.717) is 19.1 Å². The van der Waals surface area contributed by atoms with Gasteiger partial charge in [-0.3, -0.25) is 0 Å². The Morgan fingerprint density at radius 1 is 1.18 bits per heavy atom. The van der Waals surface area contributed by atoms with Crippen LogP contribution in [0.15, 0.2) is 33.3 Å². The molecular formula is C17H21BrN2O2. The van der Waals surface area contributed by atoms with Crippen molar-refractivity contribution in [2.45, 2.75) is 44.4 Å². The maximum absolute atomic E-state index is 5.70. The van der Waals surface area contributed by atoms with Crippen molar-refractivity contribution >= 4 is 15.9 Å². The number of ether oxygens (including phenoxy) is 1. The lowest BCUT2D eigenvalue weighted by Gasteiger charge is -2.34. The minimum Gasteiger partial charge on any atom is -0.381 e. The molecule has 0 saturated carbocycles. The predicted molar refractivity (Wildman–Crippen MR) is 88.0 cm³/mol. The highest BCUT2D eigenvalue weighted by atomic mass is 79.9. The molecule has 0 bridgehead atoms. The minimum absolute atomic E-state index is 0.120. The van der Waals surface area contributed by atoms with Crippen LogP contribution in [0.1, 0.15) is 50.9 Å². The van der Waals surface area contributed by atoms with E-state index in [2.05, 4.69) is 60.1 Å². The van der Waals surface area contributed by atoms with Gasteiger partial charge in [-0.15, -0.1) is 0 Å². The fraction of sp³-hybridized carbons (Fsp3) is 0.529. The Hall–Kier alpha value is -1.20. The van der Waals surface area contributed by atoms with Crippen LogP contribution in [0.3, 0.4) is 0 Å². The number of nitrogens with zero attached hydrogens (tertiary/aromatic N) is 2. The molecule has 3 rings (SSSR count). The van der Waals surface area contributed by atoms with E-state index in [1.54, 1.807) is 0 Å². The summed E-state index contributed by atoms with van der Waals surface area (Å²) in [5.74, 6) is 1.46. The molecule has 1 aliphatic heterocycles. The van der Waals surface area contributed by atoms with Crippen molar-refractivity contribution in [1.29, 1.82) is 0 Å². The normalized spacial score (nSPS) is 18.4. The molecule has 2 aromatic rings. The first-order chi connectivity index (χ1) is 10.4. The van der Waals surface area contributed by atoms with Gasteiger partial charge in [0, 0.05) is 23.1 Å². The zero-order valence-corrected chi connectivity index (χ0v) is 14.8. The summed E-state index contributed by atoms with van der Waals surface area (Å²) >= 11 is 3.56. The molecule has 118 valence electrons. The zero-order valence-electron chi connectivity index (χ0n) is 13.2. The van der Waals surface area contributed by atoms with Crippen LogP contribution in [0.4, 0.5) is 0 Å². The molecule has 0 atom stereocenters. The Balaban J connectivity index is 2.08. The Morgan fingerprint density at radius 3 is 2.50 bits per heavy atom. The summed E-state index contributed by atoms with van der Waals surface area (Å²) in [6.45, 7) is 7.70. The summed E-state index contributed by atoms with van der Waals surface area (Å²) < 4.78 is 12.3. The van der Waals surface area contributed by atoms with Crippen molar-refractivity contribution in [2.75, 3.05) is 13.2 Å². The number of hydrogen-bond donors (Lipinski definition) is 0. The maximum Gasteiger partial charge on any atom is 0.237 e. The van der Waals surface area contributed by atoms with Gasteiger partial charge >= 0.3 is 0 Å². The molecule has 22 heavy (non-hydrogen) atoms. The van der Waals surface area contributed by atoms with Crippen molar-refractivity contribution in [3.63, 3.8) is 0 Å². The van der Waals surface area contributed by atoms with Gasteiger partial charge in [-0.05, 0) is 30.5 Å². The van der Waals surface area contributed by atoms with Gasteiger partial charge in [0.25, 0.3) is 0 Å². The van der Waals surface area contributed by atoms with Crippen molar-refractivity contribution in [3.8, 4) is 0 Å². The third kappa shape index (κ3) is 2.84. The van der Waals surface area contributed by atoms with Crippen LogP contribution >= 0.6 is 15.9 Å². The number of rotatable bonds is 2. The molecular weight excluding hydrogens is 344 g/mol. The van der Waals surface area contributed by atoms with Gasteiger partial charge in [-0.2, -0.15) is 4.98 Å². The minimum atomic E-state index is -0.251. The van der Waals surface area contributed by atoms with Crippen LogP contribution in [-0.2, 0) is 15.6 Å². The second-order valence-corrected chi connectivity index (χ2v) is 7.79. The van der Waals surface area contributed by atoms with Gasteiger partial charge in [0.05, 0.1) is 5.41 Å². The molecule has 5 heteroatoms. The Bertz CT molecular complexity index is 655. The van der Waals surface area contributed by atoms with E-state index in [4.69, 9.17) is 14.2 Å². The van der Waals surface area contributed by atoms with Gasteiger partial charge in [-0.1, -0.05) is 54.0 Å². The van der Waals surface area contributed by atoms with Gasteiger partial charge < -0.3 is 9.26 Å². The first-order valence-electron chi connectivity index (χ1n) is 7.60. The largest absolute Gasteiger partial charge is 0.381 e. The van der Waals surface area contributed by atoms with E-state index >= 15 is 0 Å². The molecule has 0 spiro atoms. The fourth-order valence-corrected chi connectivity index (χ4v) is 3.25. The smallest absolute Gasteiger partial charge is 0.237 e. The zero-order chi connectivity index (χ0) is 15.8. The summed E-state index contributed by atoms with van der Waals surface area (Å²) in [6, 6.07) is 8.37. The highest BCUT2D eigenvalue weighted by molar-refractivity contribution is 9.10. The van der Waals surface area contributed by atoms with E-state index < -0.39 is 0 Å². The van der Waals surface area contributed by atoms with E-state index in [9.17, 15) is 0 Å². The monoisotopic (exact) mass is 364 g/mol. The quantitative estimate of drug-likeness (QED) is 0.799. The second kappa shape index (κ2) is 5.78. The Morgan fingerprint density at radius 2 is 1.91 bits per heavy atom. The lowest BCUT2D eigenvalue weighted by atomic mass is 9.74. The lowest BCUT2D eigenvalue weighted by molar-refractivity contribution is 0.0523. The van der Waals surface area contributed by atoms with Crippen molar-refractivity contribution < 1.29 is 9.26 Å². The van der Waals surface area contributed by atoms with Crippen LogP contribution < -0.4 is 0 Å². The number of hydrogen-bond acceptors (Lipinski definition) is 4. The van der Waals surface area contributed by atoms with E-state index in [1.807, 2.05) is 6.07 Å². The van der Waals surface area contributed by atoms with Crippen molar-refractivity contribution in [2.24, 2.45) is 0 Å². The van der Waals surface area contributed by atoms with Crippen molar-refractivity contribution in [3.05, 3.63) is 46.0 Å². The van der Waals surface area contributed by atoms with E-state index in [1.165, 1.54) is 5.56 Å². The summed E-state index contributed by atoms with van der Waals surface area (Å²) in [5.41, 5.74) is 0.832. The third-order valence-corrected chi connectivity index (χ3v) is 4.72. The standard InChI is InChI=1S/C17H21BrN2O2/c1-16(2,3)14-19-15(22-20-14)17(7-9-21-10-8-17)12-5-4-6-13(18)11-12/h4-6,11H,7-10H2,1-3H3. The van der Waals surface area contributed by atoms with Crippen LogP contribution in [0.2, 0.25) is 0 Å². The number of benzene rings is 1. The molecule has 0 N–H and O–H groups in total. The van der Waals surface area contributed by atoms with E-state index in [0.717, 1.165) is 23.1 Å². The molecule has 0 radical (unpaired) electrons.